The molecule has 144 valence electrons. The third-order valence-corrected chi connectivity index (χ3v) is 6.62. The molecule has 2 aromatic carbocycles. The molecular weight excluding hydrogens is 354 g/mol. The standard InChI is InChI=1S/C22H29N3OS/c23-22-25(20-9-4-5-10-21(20)27-22)17-18-11-14-24(15-12-18)13-6-16-26-19-7-2-1-3-8-19/h1-5,7-10,18,22H,6,11-17,23H2. The zero-order valence-corrected chi connectivity index (χ0v) is 16.6. The lowest BCUT2D eigenvalue weighted by Crippen LogP contribution is -2.43. The molecule has 27 heavy (non-hydrogen) atoms. The number of fused-ring (bicyclic) bond motifs is 1. The van der Waals surface area contributed by atoms with E-state index in [4.69, 9.17) is 10.5 Å². The van der Waals surface area contributed by atoms with E-state index in [-0.39, 0.29) is 5.50 Å². The maximum atomic E-state index is 6.37. The molecule has 0 amide bonds. The predicted molar refractivity (Wildman–Crippen MR) is 113 cm³/mol. The molecule has 2 aliphatic rings. The second kappa shape index (κ2) is 9.00. The van der Waals surface area contributed by atoms with Crippen molar-refractivity contribution in [2.75, 3.05) is 37.7 Å². The van der Waals surface area contributed by atoms with Gasteiger partial charge in [-0.15, -0.1) is 0 Å². The van der Waals surface area contributed by atoms with Crippen LogP contribution in [0.1, 0.15) is 19.3 Å². The quantitative estimate of drug-likeness (QED) is 0.732. The molecule has 1 saturated heterocycles. The summed E-state index contributed by atoms with van der Waals surface area (Å²) in [5, 5.41) is 0. The number of likely N-dealkylation sites (tertiary alicyclic amines) is 1. The van der Waals surface area contributed by atoms with Crippen molar-refractivity contribution in [3.8, 4) is 5.75 Å². The van der Waals surface area contributed by atoms with E-state index in [0.29, 0.717) is 0 Å². The molecule has 4 rings (SSSR count). The summed E-state index contributed by atoms with van der Waals surface area (Å²) in [6, 6.07) is 18.7. The van der Waals surface area contributed by atoms with Crippen LogP contribution < -0.4 is 15.4 Å². The first-order valence-electron chi connectivity index (χ1n) is 9.98. The van der Waals surface area contributed by atoms with Crippen molar-refractivity contribution in [2.45, 2.75) is 29.7 Å². The maximum Gasteiger partial charge on any atom is 0.130 e. The van der Waals surface area contributed by atoms with Crippen molar-refractivity contribution >= 4 is 17.4 Å². The van der Waals surface area contributed by atoms with Crippen LogP contribution in [0.25, 0.3) is 0 Å². The van der Waals surface area contributed by atoms with Gasteiger partial charge in [0, 0.05) is 18.0 Å². The van der Waals surface area contributed by atoms with Gasteiger partial charge in [0.2, 0.25) is 0 Å². The number of thioether (sulfide) groups is 1. The summed E-state index contributed by atoms with van der Waals surface area (Å²) >= 11 is 1.78. The van der Waals surface area contributed by atoms with E-state index in [1.54, 1.807) is 11.8 Å². The second-order valence-corrected chi connectivity index (χ2v) is 8.59. The SMILES string of the molecule is NC1Sc2ccccc2N1CC1CCN(CCCOc2ccccc2)CC1. The number of hydrogen-bond donors (Lipinski definition) is 1. The Labute approximate surface area is 166 Å². The molecule has 1 atom stereocenters. The van der Waals surface area contributed by atoms with Crippen molar-refractivity contribution in [1.29, 1.82) is 0 Å². The maximum absolute atomic E-state index is 6.37. The minimum absolute atomic E-state index is 0.0653. The number of benzene rings is 2. The third kappa shape index (κ3) is 4.78. The Kier molecular flexibility index (Phi) is 6.22. The van der Waals surface area contributed by atoms with Gasteiger partial charge in [0.15, 0.2) is 0 Å². The van der Waals surface area contributed by atoms with Crippen molar-refractivity contribution < 1.29 is 4.74 Å². The van der Waals surface area contributed by atoms with Gasteiger partial charge in [0.05, 0.1) is 12.3 Å². The van der Waals surface area contributed by atoms with Gasteiger partial charge in [-0.2, -0.15) is 0 Å². The molecular formula is C22H29N3OS. The average Bonchev–Trinajstić information content (AvgIpc) is 3.03. The first-order valence-corrected chi connectivity index (χ1v) is 10.9. The van der Waals surface area contributed by atoms with Crippen LogP contribution in [0.15, 0.2) is 59.5 Å². The van der Waals surface area contributed by atoms with E-state index in [1.807, 2.05) is 30.3 Å². The fourth-order valence-electron chi connectivity index (χ4n) is 3.99. The van der Waals surface area contributed by atoms with Crippen LogP contribution in [-0.4, -0.2) is 43.2 Å². The van der Waals surface area contributed by atoms with Gasteiger partial charge in [-0.05, 0) is 62.5 Å². The summed E-state index contributed by atoms with van der Waals surface area (Å²) in [5.41, 5.74) is 7.75. The number of nitrogens with two attached hydrogens (primary N) is 1. The molecule has 0 aromatic heterocycles. The van der Waals surface area contributed by atoms with Crippen LogP contribution in [0.2, 0.25) is 0 Å². The molecule has 2 aliphatic heterocycles. The largest absolute Gasteiger partial charge is 0.494 e. The van der Waals surface area contributed by atoms with Crippen molar-refractivity contribution in [3.05, 3.63) is 54.6 Å². The van der Waals surface area contributed by atoms with E-state index < -0.39 is 0 Å². The van der Waals surface area contributed by atoms with Crippen LogP contribution in [0, 0.1) is 5.92 Å². The van der Waals surface area contributed by atoms with E-state index in [9.17, 15) is 0 Å². The van der Waals surface area contributed by atoms with Crippen molar-refractivity contribution in [3.63, 3.8) is 0 Å². The Bertz CT molecular complexity index is 719. The molecule has 2 N–H and O–H groups in total. The molecule has 0 saturated carbocycles. The van der Waals surface area contributed by atoms with Crippen LogP contribution in [-0.2, 0) is 0 Å². The highest BCUT2D eigenvalue weighted by molar-refractivity contribution is 8.00. The van der Waals surface area contributed by atoms with E-state index >= 15 is 0 Å². The van der Waals surface area contributed by atoms with Gasteiger partial charge in [0.25, 0.3) is 0 Å². The molecule has 1 unspecified atom stereocenters. The lowest BCUT2D eigenvalue weighted by Gasteiger charge is -2.35. The highest BCUT2D eigenvalue weighted by Gasteiger charge is 2.30. The number of hydrogen-bond acceptors (Lipinski definition) is 5. The molecule has 0 radical (unpaired) electrons. The smallest absolute Gasteiger partial charge is 0.130 e. The number of anilines is 1. The monoisotopic (exact) mass is 383 g/mol. The Balaban J connectivity index is 1.17. The van der Waals surface area contributed by atoms with Crippen LogP contribution >= 0.6 is 11.8 Å². The van der Waals surface area contributed by atoms with Gasteiger partial charge in [-0.3, -0.25) is 0 Å². The second-order valence-electron chi connectivity index (χ2n) is 7.43. The number of para-hydroxylation sites is 2. The van der Waals surface area contributed by atoms with Crippen LogP contribution in [0.5, 0.6) is 5.75 Å². The Morgan fingerprint density at radius 2 is 1.74 bits per heavy atom. The van der Waals surface area contributed by atoms with E-state index in [0.717, 1.165) is 37.8 Å². The summed E-state index contributed by atoms with van der Waals surface area (Å²) < 4.78 is 5.80. The third-order valence-electron chi connectivity index (χ3n) is 5.52. The summed E-state index contributed by atoms with van der Waals surface area (Å²) in [7, 11) is 0. The number of nitrogens with zero attached hydrogens (tertiary/aromatic N) is 2. The molecule has 0 bridgehead atoms. The Hall–Kier alpha value is -1.69. The predicted octanol–water partition coefficient (Wildman–Crippen LogP) is 4.02. The summed E-state index contributed by atoms with van der Waals surface area (Å²) in [6.07, 6.45) is 3.60. The van der Waals surface area contributed by atoms with Crippen LogP contribution in [0.3, 0.4) is 0 Å². The topological polar surface area (TPSA) is 41.7 Å². The van der Waals surface area contributed by atoms with Crippen molar-refractivity contribution in [2.24, 2.45) is 11.7 Å². The Morgan fingerprint density at radius 3 is 2.56 bits per heavy atom. The van der Waals surface area contributed by atoms with Crippen molar-refractivity contribution in [1.82, 2.24) is 4.90 Å². The van der Waals surface area contributed by atoms with Gasteiger partial charge in [0.1, 0.15) is 11.2 Å². The van der Waals surface area contributed by atoms with Gasteiger partial charge >= 0.3 is 0 Å². The number of ether oxygens (including phenoxy) is 1. The molecule has 4 nitrogen and oxygen atoms in total. The summed E-state index contributed by atoms with van der Waals surface area (Å²) in [5.74, 6) is 1.70. The minimum atomic E-state index is 0.0653. The number of piperidine rings is 1. The molecule has 1 fully saturated rings. The first-order chi connectivity index (χ1) is 13.3. The van der Waals surface area contributed by atoms with E-state index in [1.165, 1.54) is 36.5 Å². The zero-order valence-electron chi connectivity index (χ0n) is 15.8. The van der Waals surface area contributed by atoms with Gasteiger partial charge in [-0.1, -0.05) is 42.1 Å². The van der Waals surface area contributed by atoms with E-state index in [2.05, 4.69) is 34.1 Å². The van der Waals surface area contributed by atoms with Gasteiger partial charge < -0.3 is 20.3 Å². The average molecular weight is 384 g/mol. The van der Waals surface area contributed by atoms with Gasteiger partial charge in [-0.25, -0.2) is 0 Å². The highest BCUT2D eigenvalue weighted by Crippen LogP contribution is 2.41. The fourth-order valence-corrected chi connectivity index (χ4v) is 5.04. The Morgan fingerprint density at radius 1 is 1.00 bits per heavy atom. The molecule has 5 heteroatoms. The lowest BCUT2D eigenvalue weighted by atomic mass is 9.96. The zero-order chi connectivity index (χ0) is 18.5. The summed E-state index contributed by atoms with van der Waals surface area (Å²) in [4.78, 5) is 6.30. The first kappa shape index (κ1) is 18.7. The fraction of sp³-hybridized carbons (Fsp3) is 0.455. The normalized spacial score (nSPS) is 20.6. The molecule has 0 spiro atoms. The lowest BCUT2D eigenvalue weighted by molar-refractivity contribution is 0.172. The van der Waals surface area contributed by atoms with Crippen LogP contribution in [0.4, 0.5) is 5.69 Å². The minimum Gasteiger partial charge on any atom is -0.494 e. The highest BCUT2D eigenvalue weighted by atomic mass is 32.2. The molecule has 2 heterocycles. The molecule has 2 aromatic rings. The summed E-state index contributed by atoms with van der Waals surface area (Å²) in [6.45, 7) is 5.37. The molecule has 0 aliphatic carbocycles. The number of rotatable bonds is 7.